The highest BCUT2D eigenvalue weighted by Gasteiger charge is 2.17. The first-order valence-corrected chi connectivity index (χ1v) is 6.78. The number of ether oxygens (including phenoxy) is 2. The summed E-state index contributed by atoms with van der Waals surface area (Å²) in [7, 11) is 0. The summed E-state index contributed by atoms with van der Waals surface area (Å²) in [6.07, 6.45) is 6.58. The molecule has 0 N–H and O–H groups in total. The normalized spacial score (nSPS) is 23.7. The van der Waals surface area contributed by atoms with Gasteiger partial charge in [0.15, 0.2) is 11.4 Å². The van der Waals surface area contributed by atoms with E-state index in [4.69, 9.17) is 9.47 Å². The second-order valence-corrected chi connectivity index (χ2v) is 4.72. The summed E-state index contributed by atoms with van der Waals surface area (Å²) in [5.41, 5.74) is 0. The van der Waals surface area contributed by atoms with E-state index in [1.807, 2.05) is 13.2 Å². The molecule has 0 bridgehead atoms. The van der Waals surface area contributed by atoms with E-state index in [1.165, 1.54) is 18.2 Å². The molecule has 3 nitrogen and oxygen atoms in total. The fraction of sp³-hybridized carbons (Fsp3) is 0.909. The number of carbonyl (C=O) groups excluding carboxylic acids is 1. The summed E-state index contributed by atoms with van der Waals surface area (Å²) < 4.78 is 11.2. The van der Waals surface area contributed by atoms with E-state index in [9.17, 15) is 4.79 Å². The van der Waals surface area contributed by atoms with Crippen molar-refractivity contribution in [2.45, 2.75) is 51.4 Å². The molecule has 1 saturated heterocycles. The number of hydrogen-bond donors (Lipinski definition) is 0. The van der Waals surface area contributed by atoms with Crippen LogP contribution >= 0.6 is 11.8 Å². The first kappa shape index (κ1) is 13.0. The molecule has 0 aromatic rings. The van der Waals surface area contributed by atoms with E-state index >= 15 is 0 Å². The third kappa shape index (κ3) is 5.54. The molecule has 0 radical (unpaired) electrons. The largest absolute Gasteiger partial charge is 0.353 e. The lowest BCUT2D eigenvalue weighted by molar-refractivity contribution is -0.185. The van der Waals surface area contributed by atoms with Crippen molar-refractivity contribution < 1.29 is 14.3 Å². The van der Waals surface area contributed by atoms with Crippen LogP contribution in [0.5, 0.6) is 0 Å². The predicted molar refractivity (Wildman–Crippen MR) is 61.9 cm³/mol. The molecule has 0 spiro atoms. The smallest absolute Gasteiger partial charge is 0.188 e. The number of rotatable bonds is 5. The minimum Gasteiger partial charge on any atom is -0.353 e. The quantitative estimate of drug-likeness (QED) is 0.730. The van der Waals surface area contributed by atoms with Gasteiger partial charge in [0.05, 0.1) is 6.10 Å². The highest BCUT2D eigenvalue weighted by molar-refractivity contribution is 8.13. The van der Waals surface area contributed by atoms with Gasteiger partial charge in [0.1, 0.15) is 0 Å². The fourth-order valence-electron chi connectivity index (χ4n) is 1.57. The van der Waals surface area contributed by atoms with E-state index in [0.29, 0.717) is 6.42 Å². The third-order valence-electron chi connectivity index (χ3n) is 2.50. The Labute approximate surface area is 95.9 Å². The summed E-state index contributed by atoms with van der Waals surface area (Å²) >= 11 is 1.29. The molecular formula is C11H20O3S. The van der Waals surface area contributed by atoms with Crippen molar-refractivity contribution in [3.8, 4) is 0 Å². The molecule has 0 amide bonds. The van der Waals surface area contributed by atoms with Crippen molar-refractivity contribution >= 4 is 16.9 Å². The Hall–Kier alpha value is -0.0600. The number of carbonyl (C=O) groups is 1. The zero-order valence-electron chi connectivity index (χ0n) is 9.53. The minimum atomic E-state index is -0.0434. The molecule has 1 rings (SSSR count). The van der Waals surface area contributed by atoms with Crippen LogP contribution in [0.25, 0.3) is 0 Å². The van der Waals surface area contributed by atoms with E-state index in [1.54, 1.807) is 0 Å². The van der Waals surface area contributed by atoms with Gasteiger partial charge >= 0.3 is 0 Å². The van der Waals surface area contributed by atoms with Crippen molar-refractivity contribution in [2.75, 3.05) is 12.9 Å². The van der Waals surface area contributed by atoms with Gasteiger partial charge in [-0.25, -0.2) is 0 Å². The number of hydrogen-bond acceptors (Lipinski definition) is 4. The lowest BCUT2D eigenvalue weighted by Crippen LogP contribution is -2.26. The van der Waals surface area contributed by atoms with Crippen molar-refractivity contribution in [2.24, 2.45) is 0 Å². The summed E-state index contributed by atoms with van der Waals surface area (Å²) in [4.78, 5) is 11.1. The van der Waals surface area contributed by atoms with Gasteiger partial charge in [-0.05, 0) is 38.9 Å². The van der Waals surface area contributed by atoms with Crippen LogP contribution in [0.1, 0.15) is 39.0 Å². The maximum absolute atomic E-state index is 11.1. The lowest BCUT2D eigenvalue weighted by atomic mass is 10.2. The van der Waals surface area contributed by atoms with E-state index < -0.39 is 0 Å². The van der Waals surface area contributed by atoms with Gasteiger partial charge in [0.25, 0.3) is 0 Å². The average molecular weight is 232 g/mol. The Morgan fingerprint density at radius 1 is 1.60 bits per heavy atom. The van der Waals surface area contributed by atoms with Gasteiger partial charge in [-0.2, -0.15) is 0 Å². The van der Waals surface area contributed by atoms with Gasteiger partial charge in [0, 0.05) is 13.0 Å². The molecule has 88 valence electrons. The molecule has 1 aliphatic heterocycles. The van der Waals surface area contributed by atoms with E-state index in [2.05, 4.69) is 0 Å². The summed E-state index contributed by atoms with van der Waals surface area (Å²) in [6.45, 7) is 2.81. The van der Waals surface area contributed by atoms with Crippen LogP contribution in [0, 0.1) is 0 Å². The molecule has 1 heterocycles. The van der Waals surface area contributed by atoms with Crippen molar-refractivity contribution in [1.82, 2.24) is 0 Å². The van der Waals surface area contributed by atoms with Crippen molar-refractivity contribution in [3.05, 3.63) is 0 Å². The van der Waals surface area contributed by atoms with Crippen LogP contribution in [0.3, 0.4) is 0 Å². The maximum Gasteiger partial charge on any atom is 0.188 e. The SMILES string of the molecule is CSC(=O)CCC(C)OC1CCCCO1. The van der Waals surface area contributed by atoms with Crippen molar-refractivity contribution in [3.63, 3.8) is 0 Å². The molecule has 2 atom stereocenters. The highest BCUT2D eigenvalue weighted by Crippen LogP contribution is 2.17. The highest BCUT2D eigenvalue weighted by atomic mass is 32.2. The fourth-order valence-corrected chi connectivity index (χ4v) is 1.89. The van der Waals surface area contributed by atoms with Gasteiger partial charge < -0.3 is 9.47 Å². The second kappa shape index (κ2) is 7.25. The number of thioether (sulfide) groups is 1. The molecule has 0 aromatic carbocycles. The second-order valence-electron chi connectivity index (χ2n) is 3.86. The molecule has 1 aliphatic rings. The summed E-state index contributed by atoms with van der Waals surface area (Å²) in [5.74, 6) is 0. The van der Waals surface area contributed by atoms with E-state index in [-0.39, 0.29) is 17.5 Å². The standard InChI is InChI=1S/C11H20O3S/c1-9(6-7-10(12)15-2)14-11-5-3-4-8-13-11/h9,11H,3-8H2,1-2H3. The molecule has 2 unspecified atom stereocenters. The van der Waals surface area contributed by atoms with Crippen LogP contribution in [-0.2, 0) is 14.3 Å². The van der Waals surface area contributed by atoms with Crippen LogP contribution in [0.4, 0.5) is 0 Å². The van der Waals surface area contributed by atoms with Gasteiger partial charge in [0.2, 0.25) is 0 Å². The Balaban J connectivity index is 2.11. The maximum atomic E-state index is 11.1. The average Bonchev–Trinajstić information content (AvgIpc) is 2.27. The molecule has 4 heteroatoms. The molecule has 0 aliphatic carbocycles. The Kier molecular flexibility index (Phi) is 6.29. The van der Waals surface area contributed by atoms with Crippen molar-refractivity contribution in [1.29, 1.82) is 0 Å². The Morgan fingerprint density at radius 3 is 3.00 bits per heavy atom. The monoisotopic (exact) mass is 232 g/mol. The molecule has 1 fully saturated rings. The predicted octanol–water partition coefficient (Wildman–Crippen LogP) is 2.59. The Bertz CT molecular complexity index is 190. The first-order valence-electron chi connectivity index (χ1n) is 5.56. The topological polar surface area (TPSA) is 35.5 Å². The van der Waals surface area contributed by atoms with Gasteiger partial charge in [-0.3, -0.25) is 4.79 Å². The first-order chi connectivity index (χ1) is 7.22. The molecule has 0 saturated carbocycles. The third-order valence-corrected chi connectivity index (χ3v) is 3.16. The zero-order valence-corrected chi connectivity index (χ0v) is 10.3. The lowest BCUT2D eigenvalue weighted by Gasteiger charge is -2.25. The van der Waals surface area contributed by atoms with Gasteiger partial charge in [-0.1, -0.05) is 11.8 Å². The molecular weight excluding hydrogens is 212 g/mol. The minimum absolute atomic E-state index is 0.0434. The van der Waals surface area contributed by atoms with Gasteiger partial charge in [-0.15, -0.1) is 0 Å². The van der Waals surface area contributed by atoms with E-state index in [0.717, 1.165) is 25.9 Å². The molecule has 0 aromatic heterocycles. The Morgan fingerprint density at radius 2 is 2.40 bits per heavy atom. The van der Waals surface area contributed by atoms with Crippen LogP contribution in [-0.4, -0.2) is 30.4 Å². The molecule has 15 heavy (non-hydrogen) atoms. The van der Waals surface area contributed by atoms with Crippen LogP contribution in [0.15, 0.2) is 0 Å². The van der Waals surface area contributed by atoms with Crippen LogP contribution < -0.4 is 0 Å². The summed E-state index contributed by atoms with van der Waals surface area (Å²) in [5, 5.41) is 0.231. The summed E-state index contributed by atoms with van der Waals surface area (Å²) in [6, 6.07) is 0. The zero-order chi connectivity index (χ0) is 11.1. The van der Waals surface area contributed by atoms with Crippen LogP contribution in [0.2, 0.25) is 0 Å².